The maximum Gasteiger partial charge on any atom is 0.226 e. The highest BCUT2D eigenvalue weighted by Crippen LogP contribution is 2.39. The summed E-state index contributed by atoms with van der Waals surface area (Å²) >= 11 is 0. The normalized spacial score (nSPS) is 28.2. The van der Waals surface area contributed by atoms with E-state index < -0.39 is 0 Å². The van der Waals surface area contributed by atoms with Crippen LogP contribution in [0.4, 0.5) is 0 Å². The van der Waals surface area contributed by atoms with Gasteiger partial charge < -0.3 is 15.4 Å². The van der Waals surface area contributed by atoms with E-state index in [9.17, 15) is 9.59 Å². The van der Waals surface area contributed by atoms with Gasteiger partial charge in [-0.05, 0) is 54.0 Å². The number of hydrogen-bond donors (Lipinski definition) is 4. The summed E-state index contributed by atoms with van der Waals surface area (Å²) in [7, 11) is 1.64. The average molecular weight is 478 g/mol. The van der Waals surface area contributed by atoms with E-state index in [1.165, 1.54) is 5.56 Å². The highest BCUT2D eigenvalue weighted by Gasteiger charge is 2.51. The summed E-state index contributed by atoms with van der Waals surface area (Å²) in [5.74, 6) is 1.19. The Bertz CT molecular complexity index is 1060. The van der Waals surface area contributed by atoms with E-state index in [0.29, 0.717) is 25.3 Å². The number of ether oxygens (including phenoxy) is 1. The van der Waals surface area contributed by atoms with E-state index in [4.69, 9.17) is 4.74 Å². The van der Waals surface area contributed by atoms with Crippen LogP contribution in [-0.4, -0.2) is 36.1 Å². The molecule has 4 N–H and O–H groups in total. The van der Waals surface area contributed by atoms with Crippen molar-refractivity contribution in [2.75, 3.05) is 7.11 Å². The molecule has 2 aromatic carbocycles. The molecule has 0 radical (unpaired) electrons. The third-order valence-corrected chi connectivity index (χ3v) is 7.72. The van der Waals surface area contributed by atoms with E-state index in [-0.39, 0.29) is 41.9 Å². The number of rotatable bonds is 6. The number of hydrazine groups is 2. The van der Waals surface area contributed by atoms with Gasteiger partial charge in [0.05, 0.1) is 19.1 Å². The lowest BCUT2D eigenvalue weighted by Crippen LogP contribution is -2.65. The first kappa shape index (κ1) is 23.8. The van der Waals surface area contributed by atoms with E-state index >= 15 is 0 Å². The third-order valence-electron chi connectivity index (χ3n) is 7.72. The second-order valence-corrected chi connectivity index (χ2v) is 10.2. The Balaban J connectivity index is 1.23. The van der Waals surface area contributed by atoms with Crippen molar-refractivity contribution in [3.63, 3.8) is 0 Å². The first-order valence-corrected chi connectivity index (χ1v) is 12.5. The van der Waals surface area contributed by atoms with Gasteiger partial charge in [0.25, 0.3) is 0 Å². The molecule has 0 aromatic heterocycles. The number of carbonyl (C=O) groups is 2. The SMILES string of the molecule is COc1ccc(C2NNN3C4CC(C(=O)NCc5ccc(C(C)C)cc5)CCC4C(=O)NC23)cc1. The predicted octanol–water partition coefficient (Wildman–Crippen LogP) is 2.74. The van der Waals surface area contributed by atoms with Crippen molar-refractivity contribution >= 4 is 11.8 Å². The van der Waals surface area contributed by atoms with Crippen LogP contribution < -0.4 is 26.3 Å². The zero-order chi connectivity index (χ0) is 24.5. The van der Waals surface area contributed by atoms with Crippen LogP contribution in [0.1, 0.15) is 61.8 Å². The van der Waals surface area contributed by atoms with Gasteiger partial charge in [-0.15, -0.1) is 0 Å². The molecular weight excluding hydrogens is 442 g/mol. The summed E-state index contributed by atoms with van der Waals surface area (Å²) in [5.41, 5.74) is 10.1. The third kappa shape index (κ3) is 4.78. The smallest absolute Gasteiger partial charge is 0.226 e. The largest absolute Gasteiger partial charge is 0.497 e. The Kier molecular flexibility index (Phi) is 6.77. The fourth-order valence-corrected chi connectivity index (χ4v) is 5.58. The Morgan fingerprint density at radius 1 is 1.11 bits per heavy atom. The molecule has 2 amide bonds. The van der Waals surface area contributed by atoms with Crippen LogP contribution in [-0.2, 0) is 16.1 Å². The van der Waals surface area contributed by atoms with Crippen LogP contribution in [0.3, 0.4) is 0 Å². The molecule has 2 aliphatic heterocycles. The average Bonchev–Trinajstić information content (AvgIpc) is 3.31. The number of nitrogens with zero attached hydrogens (tertiary/aromatic N) is 1. The Labute approximate surface area is 206 Å². The number of fused-ring (bicyclic) bond motifs is 3. The number of amides is 2. The van der Waals surface area contributed by atoms with Crippen LogP contribution in [0, 0.1) is 11.8 Å². The summed E-state index contributed by atoms with van der Waals surface area (Å²) in [6.45, 7) is 4.87. The Morgan fingerprint density at radius 3 is 2.54 bits per heavy atom. The molecule has 2 aromatic rings. The molecule has 5 rings (SSSR count). The molecule has 5 atom stereocenters. The topological polar surface area (TPSA) is 94.7 Å². The molecule has 0 spiro atoms. The van der Waals surface area contributed by atoms with Crippen LogP contribution >= 0.6 is 0 Å². The maximum absolute atomic E-state index is 13.1. The number of carbonyl (C=O) groups excluding carboxylic acids is 2. The quantitative estimate of drug-likeness (QED) is 0.511. The molecule has 35 heavy (non-hydrogen) atoms. The van der Waals surface area contributed by atoms with Crippen molar-refractivity contribution < 1.29 is 14.3 Å². The van der Waals surface area contributed by atoms with Crippen molar-refractivity contribution in [1.82, 2.24) is 26.6 Å². The zero-order valence-electron chi connectivity index (χ0n) is 20.6. The number of hydrogen-bond acceptors (Lipinski definition) is 6. The molecule has 3 aliphatic rings. The van der Waals surface area contributed by atoms with E-state index in [0.717, 1.165) is 23.3 Å². The van der Waals surface area contributed by atoms with Gasteiger partial charge >= 0.3 is 0 Å². The van der Waals surface area contributed by atoms with Gasteiger partial charge in [-0.2, -0.15) is 5.53 Å². The highest BCUT2D eigenvalue weighted by atomic mass is 16.5. The minimum atomic E-state index is -0.224. The van der Waals surface area contributed by atoms with Gasteiger partial charge in [-0.3, -0.25) is 9.59 Å². The molecule has 5 unspecified atom stereocenters. The summed E-state index contributed by atoms with van der Waals surface area (Å²) < 4.78 is 5.27. The summed E-state index contributed by atoms with van der Waals surface area (Å²) in [6, 6.07) is 16.1. The molecule has 8 heteroatoms. The standard InChI is InChI=1S/C27H35N5O3/c1-16(2)18-6-4-17(5-7-18)15-28-26(33)20-10-13-22-23(14-20)32-25(29-27(22)34)24(30-31-32)19-8-11-21(35-3)12-9-19/h4-9,11-12,16,20,22-25,30-31H,10,13-15H2,1-3H3,(H,28,33)(H,29,34). The van der Waals surface area contributed by atoms with Gasteiger partial charge in [-0.25, -0.2) is 10.4 Å². The van der Waals surface area contributed by atoms with Crippen molar-refractivity contribution in [1.29, 1.82) is 0 Å². The minimum absolute atomic E-state index is 0.0423. The predicted molar refractivity (Wildman–Crippen MR) is 133 cm³/mol. The van der Waals surface area contributed by atoms with Crippen molar-refractivity contribution in [2.24, 2.45) is 11.8 Å². The summed E-state index contributed by atoms with van der Waals surface area (Å²) in [5, 5.41) is 8.41. The van der Waals surface area contributed by atoms with Gasteiger partial charge in [-0.1, -0.05) is 50.2 Å². The van der Waals surface area contributed by atoms with Crippen LogP contribution in [0.5, 0.6) is 5.75 Å². The Hall–Kier alpha value is -2.94. The lowest BCUT2D eigenvalue weighted by molar-refractivity contribution is -0.143. The van der Waals surface area contributed by atoms with Crippen LogP contribution in [0.25, 0.3) is 0 Å². The molecule has 2 saturated heterocycles. The zero-order valence-corrected chi connectivity index (χ0v) is 20.6. The Morgan fingerprint density at radius 2 is 1.86 bits per heavy atom. The fraction of sp³-hybridized carbons (Fsp3) is 0.481. The van der Waals surface area contributed by atoms with Gasteiger partial charge in [0.1, 0.15) is 11.9 Å². The lowest BCUT2D eigenvalue weighted by atomic mass is 9.75. The van der Waals surface area contributed by atoms with Crippen molar-refractivity contribution in [3.8, 4) is 5.75 Å². The monoisotopic (exact) mass is 477 g/mol. The van der Waals surface area contributed by atoms with E-state index in [1.54, 1.807) is 7.11 Å². The fourth-order valence-electron chi connectivity index (χ4n) is 5.58. The van der Waals surface area contributed by atoms with Crippen LogP contribution in [0.15, 0.2) is 48.5 Å². The van der Waals surface area contributed by atoms with Crippen molar-refractivity contribution in [3.05, 3.63) is 65.2 Å². The van der Waals surface area contributed by atoms with Crippen LogP contribution in [0.2, 0.25) is 0 Å². The van der Waals surface area contributed by atoms with Crippen molar-refractivity contribution in [2.45, 2.75) is 63.8 Å². The molecule has 3 fully saturated rings. The molecular formula is C27H35N5O3. The first-order valence-electron chi connectivity index (χ1n) is 12.5. The molecule has 0 bridgehead atoms. The molecule has 1 saturated carbocycles. The van der Waals surface area contributed by atoms with Gasteiger partial charge in [0, 0.05) is 18.5 Å². The summed E-state index contributed by atoms with van der Waals surface area (Å²) in [4.78, 5) is 26.1. The second kappa shape index (κ2) is 9.97. The minimum Gasteiger partial charge on any atom is -0.497 e. The molecule has 8 nitrogen and oxygen atoms in total. The molecule has 1 aliphatic carbocycles. The molecule has 2 heterocycles. The van der Waals surface area contributed by atoms with Gasteiger partial charge in [0.2, 0.25) is 11.8 Å². The second-order valence-electron chi connectivity index (χ2n) is 10.2. The summed E-state index contributed by atoms with van der Waals surface area (Å²) in [6.07, 6.45) is 1.85. The highest BCUT2D eigenvalue weighted by molar-refractivity contribution is 5.83. The van der Waals surface area contributed by atoms with E-state index in [2.05, 4.69) is 64.7 Å². The number of nitrogens with one attached hydrogen (secondary N) is 4. The number of methoxy groups -OCH3 is 1. The first-order chi connectivity index (χ1) is 16.9. The lowest BCUT2D eigenvalue weighted by Gasteiger charge is -2.46. The molecule has 186 valence electrons. The number of benzene rings is 2. The van der Waals surface area contributed by atoms with Gasteiger partial charge in [0.15, 0.2) is 0 Å². The van der Waals surface area contributed by atoms with E-state index in [1.807, 2.05) is 24.3 Å². The maximum atomic E-state index is 13.1.